The normalized spacial score (nSPS) is 11.6. The molecule has 1 aromatic heterocycles. The molecule has 1 amide bonds. The first-order chi connectivity index (χ1) is 12.2. The molecule has 2 aromatic rings. The average Bonchev–Trinajstić information content (AvgIpc) is 2.55. The number of carbonyl (C=O) groups excluding carboxylic acids is 1. The van der Waals surface area contributed by atoms with Crippen LogP contribution in [0.5, 0.6) is 0 Å². The van der Waals surface area contributed by atoms with Gasteiger partial charge in [-0.05, 0) is 31.9 Å². The van der Waals surface area contributed by atoms with Crippen molar-refractivity contribution in [2.24, 2.45) is 5.92 Å². The van der Waals surface area contributed by atoms with Gasteiger partial charge in [0.25, 0.3) is 5.91 Å². The second-order valence-electron chi connectivity index (χ2n) is 6.79. The van der Waals surface area contributed by atoms with Gasteiger partial charge in [-0.3, -0.25) is 9.78 Å². The molecule has 0 aliphatic rings. The summed E-state index contributed by atoms with van der Waals surface area (Å²) in [6.45, 7) is 7.55. The highest BCUT2D eigenvalue weighted by Crippen LogP contribution is 2.21. The van der Waals surface area contributed by atoms with Gasteiger partial charge in [-0.15, -0.1) is 0 Å². The number of amides is 1. The lowest BCUT2D eigenvalue weighted by atomic mass is 10.1. The highest BCUT2D eigenvalue weighted by Gasteiger charge is 2.15. The van der Waals surface area contributed by atoms with Gasteiger partial charge < -0.3 is 5.32 Å². The molecule has 0 bridgehead atoms. The SMILES string of the molecule is Cc1cnc(C)c(-c2cccc(C(=O)NCCS(=O)(=O)CC(C)C)c2)n1. The fraction of sp³-hybridized carbons (Fsp3) is 0.421. The maximum Gasteiger partial charge on any atom is 0.251 e. The second kappa shape index (κ2) is 8.40. The Kier molecular flexibility index (Phi) is 6.47. The predicted molar refractivity (Wildman–Crippen MR) is 103 cm³/mol. The minimum atomic E-state index is -3.15. The van der Waals surface area contributed by atoms with E-state index in [-0.39, 0.29) is 29.9 Å². The van der Waals surface area contributed by atoms with Gasteiger partial charge in [0.05, 0.1) is 28.6 Å². The number of aromatic nitrogens is 2. The number of sulfone groups is 1. The van der Waals surface area contributed by atoms with Crippen LogP contribution in [0.25, 0.3) is 11.3 Å². The largest absolute Gasteiger partial charge is 0.351 e. The number of aryl methyl sites for hydroxylation is 2. The van der Waals surface area contributed by atoms with E-state index in [1.54, 1.807) is 24.4 Å². The highest BCUT2D eigenvalue weighted by molar-refractivity contribution is 7.91. The molecule has 26 heavy (non-hydrogen) atoms. The fourth-order valence-electron chi connectivity index (χ4n) is 2.63. The summed E-state index contributed by atoms with van der Waals surface area (Å²) < 4.78 is 23.8. The van der Waals surface area contributed by atoms with Gasteiger partial charge in [-0.2, -0.15) is 0 Å². The molecule has 0 saturated carbocycles. The number of hydrogen-bond acceptors (Lipinski definition) is 5. The zero-order valence-electron chi connectivity index (χ0n) is 15.6. The van der Waals surface area contributed by atoms with Crippen LogP contribution in [0, 0.1) is 19.8 Å². The Balaban J connectivity index is 2.08. The quantitative estimate of drug-likeness (QED) is 0.803. The van der Waals surface area contributed by atoms with Crippen LogP contribution in [0.3, 0.4) is 0 Å². The molecule has 0 radical (unpaired) electrons. The summed E-state index contributed by atoms with van der Waals surface area (Å²) in [5, 5.41) is 2.68. The Morgan fingerprint density at radius 3 is 2.65 bits per heavy atom. The molecule has 1 N–H and O–H groups in total. The molecular weight excluding hydrogens is 350 g/mol. The van der Waals surface area contributed by atoms with Crippen LogP contribution in [-0.2, 0) is 9.84 Å². The summed E-state index contributed by atoms with van der Waals surface area (Å²) in [6.07, 6.45) is 1.70. The van der Waals surface area contributed by atoms with Crippen molar-refractivity contribution in [3.05, 3.63) is 47.4 Å². The standard InChI is InChI=1S/C19H25N3O3S/c1-13(2)12-26(24,25)9-8-20-19(23)17-7-5-6-16(10-17)18-15(4)21-11-14(3)22-18/h5-7,10-11,13H,8-9,12H2,1-4H3,(H,20,23). The Morgan fingerprint density at radius 1 is 1.23 bits per heavy atom. The fourth-order valence-corrected chi connectivity index (χ4v) is 4.23. The van der Waals surface area contributed by atoms with Crippen molar-refractivity contribution in [3.63, 3.8) is 0 Å². The zero-order chi connectivity index (χ0) is 19.3. The van der Waals surface area contributed by atoms with Crippen LogP contribution in [0.1, 0.15) is 35.6 Å². The molecule has 1 aromatic carbocycles. The van der Waals surface area contributed by atoms with E-state index in [1.165, 1.54) is 0 Å². The van der Waals surface area contributed by atoms with Crippen LogP contribution >= 0.6 is 0 Å². The average molecular weight is 375 g/mol. The minimum absolute atomic E-state index is 0.0565. The lowest BCUT2D eigenvalue weighted by molar-refractivity contribution is 0.0956. The number of carbonyl (C=O) groups is 1. The number of hydrogen-bond donors (Lipinski definition) is 1. The summed E-state index contributed by atoms with van der Waals surface area (Å²) in [5.41, 5.74) is 3.59. The van der Waals surface area contributed by atoms with Crippen LogP contribution in [0.15, 0.2) is 30.5 Å². The summed E-state index contributed by atoms with van der Waals surface area (Å²) in [6, 6.07) is 7.10. The molecule has 0 aliphatic carbocycles. The molecule has 2 rings (SSSR count). The van der Waals surface area contributed by atoms with Crippen LogP contribution in [0.2, 0.25) is 0 Å². The molecule has 0 spiro atoms. The van der Waals surface area contributed by atoms with E-state index in [2.05, 4.69) is 15.3 Å². The number of nitrogens with one attached hydrogen (secondary N) is 1. The van der Waals surface area contributed by atoms with E-state index in [0.29, 0.717) is 5.56 Å². The number of benzene rings is 1. The van der Waals surface area contributed by atoms with Gasteiger partial charge in [0.1, 0.15) is 0 Å². The van der Waals surface area contributed by atoms with E-state index in [0.717, 1.165) is 22.6 Å². The highest BCUT2D eigenvalue weighted by atomic mass is 32.2. The first kappa shape index (κ1) is 20.0. The summed E-state index contributed by atoms with van der Waals surface area (Å²) in [4.78, 5) is 21.1. The maximum atomic E-state index is 12.3. The minimum Gasteiger partial charge on any atom is -0.351 e. The maximum absolute atomic E-state index is 12.3. The van der Waals surface area contributed by atoms with E-state index in [1.807, 2.05) is 33.8 Å². The number of nitrogens with zero attached hydrogens (tertiary/aromatic N) is 2. The van der Waals surface area contributed by atoms with E-state index < -0.39 is 9.84 Å². The molecule has 0 fully saturated rings. The van der Waals surface area contributed by atoms with E-state index in [4.69, 9.17) is 0 Å². The third kappa shape index (κ3) is 5.62. The first-order valence-corrected chi connectivity index (χ1v) is 10.4. The molecule has 140 valence electrons. The van der Waals surface area contributed by atoms with Crippen molar-refractivity contribution in [1.29, 1.82) is 0 Å². The van der Waals surface area contributed by atoms with Crippen LogP contribution in [0.4, 0.5) is 0 Å². The summed E-state index contributed by atoms with van der Waals surface area (Å²) >= 11 is 0. The van der Waals surface area contributed by atoms with Crippen molar-refractivity contribution in [1.82, 2.24) is 15.3 Å². The van der Waals surface area contributed by atoms with Gasteiger partial charge >= 0.3 is 0 Å². The third-order valence-electron chi connectivity index (χ3n) is 3.76. The molecule has 0 saturated heterocycles. The van der Waals surface area contributed by atoms with Crippen molar-refractivity contribution >= 4 is 15.7 Å². The van der Waals surface area contributed by atoms with Gasteiger partial charge in [-0.25, -0.2) is 13.4 Å². The lowest BCUT2D eigenvalue weighted by Gasteiger charge is -2.10. The molecular formula is C19H25N3O3S. The monoisotopic (exact) mass is 375 g/mol. The van der Waals surface area contributed by atoms with Crippen LogP contribution < -0.4 is 5.32 Å². The van der Waals surface area contributed by atoms with E-state index >= 15 is 0 Å². The first-order valence-electron chi connectivity index (χ1n) is 8.57. The van der Waals surface area contributed by atoms with Gasteiger partial charge in [-0.1, -0.05) is 26.0 Å². The molecule has 1 heterocycles. The lowest BCUT2D eigenvalue weighted by Crippen LogP contribution is -2.30. The predicted octanol–water partition coefficient (Wildman–Crippen LogP) is 2.56. The van der Waals surface area contributed by atoms with Gasteiger partial charge in [0.15, 0.2) is 9.84 Å². The topological polar surface area (TPSA) is 89.0 Å². The summed E-state index contributed by atoms with van der Waals surface area (Å²) in [5.74, 6) is -0.154. The molecule has 0 unspecified atom stereocenters. The Morgan fingerprint density at radius 2 is 1.96 bits per heavy atom. The molecule has 6 nitrogen and oxygen atoms in total. The Labute approximate surface area is 155 Å². The smallest absolute Gasteiger partial charge is 0.251 e. The zero-order valence-corrected chi connectivity index (χ0v) is 16.4. The summed E-state index contributed by atoms with van der Waals surface area (Å²) in [7, 11) is -3.15. The Bertz CT molecular complexity index is 893. The van der Waals surface area contributed by atoms with Gasteiger partial charge in [0, 0.05) is 23.9 Å². The van der Waals surface area contributed by atoms with Gasteiger partial charge in [0.2, 0.25) is 0 Å². The number of rotatable bonds is 7. The van der Waals surface area contributed by atoms with Crippen molar-refractivity contribution in [2.45, 2.75) is 27.7 Å². The molecule has 0 atom stereocenters. The molecule has 0 aliphatic heterocycles. The van der Waals surface area contributed by atoms with Crippen molar-refractivity contribution in [3.8, 4) is 11.3 Å². The second-order valence-corrected chi connectivity index (χ2v) is 9.02. The molecule has 7 heteroatoms. The van der Waals surface area contributed by atoms with Crippen LogP contribution in [-0.4, -0.2) is 42.3 Å². The van der Waals surface area contributed by atoms with Crippen molar-refractivity contribution < 1.29 is 13.2 Å². The van der Waals surface area contributed by atoms with Crippen molar-refractivity contribution in [2.75, 3.05) is 18.1 Å². The Hall–Kier alpha value is -2.28. The third-order valence-corrected chi connectivity index (χ3v) is 5.76. The van der Waals surface area contributed by atoms with E-state index in [9.17, 15) is 13.2 Å².